The molecule has 1 amide bonds. The lowest BCUT2D eigenvalue weighted by Gasteiger charge is -2.06. The van der Waals surface area contributed by atoms with E-state index in [1.54, 1.807) is 6.26 Å². The standard InChI is InChI=1S/C11H12N2O2/c12-9(5-11(13)14)8-6-15-10-4-2-1-3-7(8)10/h1-4,6,9H,5,12H2,(H2,13,14)/t9-/m1/s1. The van der Waals surface area contributed by atoms with Crippen molar-refractivity contribution in [2.45, 2.75) is 12.5 Å². The quantitative estimate of drug-likeness (QED) is 0.790. The number of hydrogen-bond acceptors (Lipinski definition) is 3. The Morgan fingerprint density at radius 3 is 2.87 bits per heavy atom. The molecule has 1 aromatic heterocycles. The SMILES string of the molecule is NC(=O)C[C@@H](N)c1coc2ccccc12. The second kappa shape index (κ2) is 3.74. The molecule has 4 nitrogen and oxygen atoms in total. The minimum absolute atomic E-state index is 0.128. The largest absolute Gasteiger partial charge is 0.464 e. The third-order valence-corrected chi connectivity index (χ3v) is 2.33. The van der Waals surface area contributed by atoms with Crippen molar-refractivity contribution >= 4 is 16.9 Å². The number of furan rings is 1. The topological polar surface area (TPSA) is 82.2 Å². The van der Waals surface area contributed by atoms with E-state index in [4.69, 9.17) is 15.9 Å². The van der Waals surface area contributed by atoms with Crippen molar-refractivity contribution in [2.75, 3.05) is 0 Å². The Bertz CT molecular complexity index is 490. The number of amides is 1. The van der Waals surface area contributed by atoms with Crippen LogP contribution >= 0.6 is 0 Å². The normalized spacial score (nSPS) is 12.9. The van der Waals surface area contributed by atoms with Crippen LogP contribution in [0.4, 0.5) is 0 Å². The monoisotopic (exact) mass is 204 g/mol. The van der Waals surface area contributed by atoms with Crippen molar-refractivity contribution in [1.82, 2.24) is 0 Å². The third-order valence-electron chi connectivity index (χ3n) is 2.33. The van der Waals surface area contributed by atoms with Crippen LogP contribution in [0.15, 0.2) is 34.9 Å². The number of para-hydroxylation sites is 1. The Morgan fingerprint density at radius 2 is 2.13 bits per heavy atom. The van der Waals surface area contributed by atoms with Crippen molar-refractivity contribution < 1.29 is 9.21 Å². The molecule has 1 aromatic carbocycles. The van der Waals surface area contributed by atoms with E-state index in [9.17, 15) is 4.79 Å². The molecule has 0 aliphatic carbocycles. The van der Waals surface area contributed by atoms with E-state index >= 15 is 0 Å². The summed E-state index contributed by atoms with van der Waals surface area (Å²) >= 11 is 0. The van der Waals surface area contributed by atoms with Gasteiger partial charge < -0.3 is 15.9 Å². The van der Waals surface area contributed by atoms with E-state index in [1.165, 1.54) is 0 Å². The van der Waals surface area contributed by atoms with E-state index in [1.807, 2.05) is 24.3 Å². The number of nitrogens with two attached hydrogens (primary N) is 2. The van der Waals surface area contributed by atoms with Gasteiger partial charge in [-0.1, -0.05) is 18.2 Å². The molecule has 0 saturated carbocycles. The molecule has 15 heavy (non-hydrogen) atoms. The van der Waals surface area contributed by atoms with Crippen molar-refractivity contribution in [2.24, 2.45) is 11.5 Å². The molecule has 0 spiro atoms. The summed E-state index contributed by atoms with van der Waals surface area (Å²) in [5.41, 5.74) is 12.5. The van der Waals surface area contributed by atoms with E-state index in [0.717, 1.165) is 16.5 Å². The molecule has 0 aliphatic heterocycles. The van der Waals surface area contributed by atoms with Gasteiger partial charge in [0.1, 0.15) is 5.58 Å². The molecule has 4 N–H and O–H groups in total. The maximum atomic E-state index is 10.8. The zero-order valence-electron chi connectivity index (χ0n) is 8.14. The minimum atomic E-state index is -0.409. The summed E-state index contributed by atoms with van der Waals surface area (Å²) in [6.45, 7) is 0. The average Bonchev–Trinajstić information content (AvgIpc) is 2.59. The summed E-state index contributed by atoms with van der Waals surface area (Å²) in [6.07, 6.45) is 1.71. The molecule has 2 aromatic rings. The molecular formula is C11H12N2O2. The summed E-state index contributed by atoms with van der Waals surface area (Å²) < 4.78 is 5.32. The van der Waals surface area contributed by atoms with Gasteiger partial charge in [-0.05, 0) is 6.07 Å². The highest BCUT2D eigenvalue weighted by molar-refractivity contribution is 5.82. The Hall–Kier alpha value is -1.81. The van der Waals surface area contributed by atoms with Gasteiger partial charge in [0.15, 0.2) is 0 Å². The Balaban J connectivity index is 2.39. The van der Waals surface area contributed by atoms with Crippen LogP contribution in [0.1, 0.15) is 18.0 Å². The van der Waals surface area contributed by atoms with Crippen LogP contribution in [0.5, 0.6) is 0 Å². The van der Waals surface area contributed by atoms with E-state index in [-0.39, 0.29) is 6.42 Å². The number of carbonyl (C=O) groups is 1. The highest BCUT2D eigenvalue weighted by Crippen LogP contribution is 2.26. The number of rotatable bonds is 3. The lowest BCUT2D eigenvalue weighted by Crippen LogP contribution is -2.20. The van der Waals surface area contributed by atoms with Crippen LogP contribution in [0.25, 0.3) is 11.0 Å². The molecule has 0 unspecified atom stereocenters. The van der Waals surface area contributed by atoms with Gasteiger partial charge in [0.05, 0.1) is 6.26 Å². The number of fused-ring (bicyclic) bond motifs is 1. The van der Waals surface area contributed by atoms with Gasteiger partial charge >= 0.3 is 0 Å². The van der Waals surface area contributed by atoms with Crippen LogP contribution in [-0.4, -0.2) is 5.91 Å². The van der Waals surface area contributed by atoms with Gasteiger partial charge in [-0.15, -0.1) is 0 Å². The number of hydrogen-bond donors (Lipinski definition) is 2. The summed E-state index contributed by atoms with van der Waals surface area (Å²) in [5.74, 6) is -0.409. The Kier molecular flexibility index (Phi) is 2.43. The molecule has 0 bridgehead atoms. The molecule has 4 heteroatoms. The summed E-state index contributed by atoms with van der Waals surface area (Å²) in [5, 5.41) is 0.936. The molecule has 1 atom stereocenters. The molecule has 78 valence electrons. The van der Waals surface area contributed by atoms with Crippen LogP contribution < -0.4 is 11.5 Å². The van der Waals surface area contributed by atoms with Gasteiger partial charge in [0, 0.05) is 23.4 Å². The zero-order valence-corrected chi connectivity index (χ0v) is 8.14. The fraction of sp³-hybridized carbons (Fsp3) is 0.182. The van der Waals surface area contributed by atoms with Crippen molar-refractivity contribution in [1.29, 1.82) is 0 Å². The third kappa shape index (κ3) is 1.85. The maximum absolute atomic E-state index is 10.8. The summed E-state index contributed by atoms with van der Waals surface area (Å²) in [4.78, 5) is 10.8. The highest BCUT2D eigenvalue weighted by Gasteiger charge is 2.14. The summed E-state index contributed by atoms with van der Waals surface area (Å²) in [7, 11) is 0. The first kappa shape index (κ1) is 9.73. The minimum Gasteiger partial charge on any atom is -0.464 e. The lowest BCUT2D eigenvalue weighted by molar-refractivity contribution is -0.118. The first-order chi connectivity index (χ1) is 7.18. The van der Waals surface area contributed by atoms with Crippen LogP contribution in [0.3, 0.4) is 0 Å². The van der Waals surface area contributed by atoms with E-state index < -0.39 is 11.9 Å². The predicted molar refractivity (Wildman–Crippen MR) is 57.0 cm³/mol. The Labute approximate surface area is 86.8 Å². The molecule has 0 fully saturated rings. The van der Waals surface area contributed by atoms with Gasteiger partial charge in [-0.2, -0.15) is 0 Å². The maximum Gasteiger partial charge on any atom is 0.219 e. The first-order valence-corrected chi connectivity index (χ1v) is 4.68. The van der Waals surface area contributed by atoms with Gasteiger partial charge in [0.25, 0.3) is 0 Å². The molecule has 0 aliphatic rings. The molecule has 1 heterocycles. The van der Waals surface area contributed by atoms with Crippen molar-refractivity contribution in [3.05, 3.63) is 36.1 Å². The van der Waals surface area contributed by atoms with Gasteiger partial charge in [0.2, 0.25) is 5.91 Å². The average molecular weight is 204 g/mol. The number of primary amides is 1. The zero-order chi connectivity index (χ0) is 10.8. The number of carbonyl (C=O) groups excluding carboxylic acids is 1. The molecule has 0 saturated heterocycles. The van der Waals surface area contributed by atoms with Crippen molar-refractivity contribution in [3.8, 4) is 0 Å². The second-order valence-electron chi connectivity index (χ2n) is 3.46. The van der Waals surface area contributed by atoms with E-state index in [0.29, 0.717) is 0 Å². The smallest absolute Gasteiger partial charge is 0.219 e. The second-order valence-corrected chi connectivity index (χ2v) is 3.46. The van der Waals surface area contributed by atoms with E-state index in [2.05, 4.69) is 0 Å². The van der Waals surface area contributed by atoms with Gasteiger partial charge in [-0.25, -0.2) is 0 Å². The van der Waals surface area contributed by atoms with Crippen LogP contribution in [0, 0.1) is 0 Å². The molecule has 2 rings (SSSR count). The van der Waals surface area contributed by atoms with Crippen LogP contribution in [-0.2, 0) is 4.79 Å². The number of benzene rings is 1. The first-order valence-electron chi connectivity index (χ1n) is 4.68. The fourth-order valence-electron chi connectivity index (χ4n) is 1.61. The summed E-state index contributed by atoms with van der Waals surface area (Å²) in [6, 6.07) is 7.16. The lowest BCUT2D eigenvalue weighted by atomic mass is 10.0. The highest BCUT2D eigenvalue weighted by atomic mass is 16.3. The Morgan fingerprint density at radius 1 is 1.40 bits per heavy atom. The predicted octanol–water partition coefficient (Wildman–Crippen LogP) is 1.31. The fourth-order valence-corrected chi connectivity index (χ4v) is 1.61. The van der Waals surface area contributed by atoms with Gasteiger partial charge in [-0.3, -0.25) is 4.79 Å². The van der Waals surface area contributed by atoms with Crippen molar-refractivity contribution in [3.63, 3.8) is 0 Å². The molecule has 0 radical (unpaired) electrons. The van der Waals surface area contributed by atoms with Crippen LogP contribution in [0.2, 0.25) is 0 Å². The molecular weight excluding hydrogens is 192 g/mol.